The lowest BCUT2D eigenvalue weighted by molar-refractivity contribution is -0.122. The molecular weight excluding hydrogens is 364 g/mol. The number of amides is 1. The Morgan fingerprint density at radius 3 is 2.45 bits per heavy atom. The Labute approximate surface area is 173 Å². The van der Waals surface area contributed by atoms with E-state index in [1.165, 1.54) is 11.1 Å². The number of carbonyl (C=O) groups excluding carboxylic acids is 1. The summed E-state index contributed by atoms with van der Waals surface area (Å²) in [6.45, 7) is 1.74. The second-order valence-electron chi connectivity index (χ2n) is 8.07. The van der Waals surface area contributed by atoms with Gasteiger partial charge in [0.15, 0.2) is 0 Å². The van der Waals surface area contributed by atoms with Crippen LogP contribution >= 0.6 is 0 Å². The van der Waals surface area contributed by atoms with E-state index in [1.54, 1.807) is 14.2 Å². The van der Waals surface area contributed by atoms with E-state index in [2.05, 4.69) is 46.6 Å². The highest BCUT2D eigenvalue weighted by atomic mass is 16.5. The number of likely N-dealkylation sites (tertiary alicyclic amines) is 1. The third-order valence-corrected chi connectivity index (χ3v) is 6.25. The maximum atomic E-state index is 12.4. The number of hydrogen-bond acceptors (Lipinski definition) is 4. The van der Waals surface area contributed by atoms with Gasteiger partial charge in [0, 0.05) is 37.5 Å². The summed E-state index contributed by atoms with van der Waals surface area (Å²) >= 11 is 0. The fraction of sp³-hybridized carbons (Fsp3) is 0.458. The number of nitrogens with zero attached hydrogens (tertiary/aromatic N) is 1. The van der Waals surface area contributed by atoms with Gasteiger partial charge >= 0.3 is 0 Å². The van der Waals surface area contributed by atoms with Crippen molar-refractivity contribution >= 4 is 5.91 Å². The van der Waals surface area contributed by atoms with Crippen molar-refractivity contribution in [3.63, 3.8) is 0 Å². The highest BCUT2D eigenvalue weighted by Gasteiger charge is 2.43. The molecule has 0 unspecified atom stereocenters. The first-order chi connectivity index (χ1) is 14.2. The largest absolute Gasteiger partial charge is 0.497 e. The smallest absolute Gasteiger partial charge is 0.220 e. The van der Waals surface area contributed by atoms with Gasteiger partial charge in [0.2, 0.25) is 5.91 Å². The van der Waals surface area contributed by atoms with Crippen molar-refractivity contribution in [3.05, 3.63) is 59.7 Å². The number of ether oxygens (including phenoxy) is 2. The quantitative estimate of drug-likeness (QED) is 0.840. The number of methoxy groups -OCH3 is 2. The van der Waals surface area contributed by atoms with Crippen molar-refractivity contribution in [3.8, 4) is 11.5 Å². The van der Waals surface area contributed by atoms with Gasteiger partial charge in [-0.3, -0.25) is 9.69 Å². The van der Waals surface area contributed by atoms with Gasteiger partial charge in [-0.25, -0.2) is 0 Å². The highest BCUT2D eigenvalue weighted by molar-refractivity contribution is 5.76. The average Bonchev–Trinajstić information content (AvgIpc) is 3.05. The van der Waals surface area contributed by atoms with Crippen LogP contribution in [0.5, 0.6) is 11.5 Å². The van der Waals surface area contributed by atoms with Crippen LogP contribution in [0.3, 0.4) is 0 Å². The Balaban J connectivity index is 1.63. The third-order valence-electron chi connectivity index (χ3n) is 6.25. The molecule has 2 aromatic carbocycles. The zero-order valence-corrected chi connectivity index (χ0v) is 17.3. The average molecular weight is 395 g/mol. The van der Waals surface area contributed by atoms with E-state index in [0.29, 0.717) is 18.4 Å². The molecule has 1 amide bonds. The minimum absolute atomic E-state index is 0.151. The van der Waals surface area contributed by atoms with Gasteiger partial charge in [-0.1, -0.05) is 36.8 Å². The summed E-state index contributed by atoms with van der Waals surface area (Å²) in [5.74, 6) is 2.10. The maximum absolute atomic E-state index is 12.4. The molecule has 0 radical (unpaired) electrons. The van der Waals surface area contributed by atoms with Gasteiger partial charge in [-0.2, -0.15) is 0 Å². The molecule has 2 fully saturated rings. The van der Waals surface area contributed by atoms with Crippen molar-refractivity contribution in [2.24, 2.45) is 0 Å². The zero-order valence-electron chi connectivity index (χ0n) is 17.3. The first-order valence-electron chi connectivity index (χ1n) is 10.5. The molecule has 29 heavy (non-hydrogen) atoms. The van der Waals surface area contributed by atoms with Crippen LogP contribution in [0.15, 0.2) is 48.5 Å². The zero-order chi connectivity index (χ0) is 20.2. The molecule has 0 saturated carbocycles. The van der Waals surface area contributed by atoms with Crippen LogP contribution in [-0.4, -0.2) is 43.7 Å². The number of hydrogen-bond donors (Lipinski definition) is 1. The van der Waals surface area contributed by atoms with E-state index in [0.717, 1.165) is 43.9 Å². The van der Waals surface area contributed by atoms with E-state index in [1.807, 2.05) is 12.1 Å². The number of nitrogens with one attached hydrogen (secondary N) is 1. The van der Waals surface area contributed by atoms with Crippen molar-refractivity contribution in [2.75, 3.05) is 20.8 Å². The predicted octanol–water partition coefficient (Wildman–Crippen LogP) is 3.73. The van der Waals surface area contributed by atoms with Crippen LogP contribution in [0.4, 0.5) is 0 Å². The summed E-state index contributed by atoms with van der Waals surface area (Å²) in [7, 11) is 3.36. The molecular formula is C24H30N2O3. The van der Waals surface area contributed by atoms with Crippen molar-refractivity contribution in [1.82, 2.24) is 10.2 Å². The van der Waals surface area contributed by atoms with E-state index in [9.17, 15) is 4.79 Å². The van der Waals surface area contributed by atoms with E-state index in [4.69, 9.17) is 9.47 Å². The van der Waals surface area contributed by atoms with Gasteiger partial charge in [0.25, 0.3) is 0 Å². The molecule has 0 aromatic heterocycles. The first kappa shape index (κ1) is 19.8. The second-order valence-corrected chi connectivity index (χ2v) is 8.07. The van der Waals surface area contributed by atoms with Gasteiger partial charge in [-0.15, -0.1) is 0 Å². The molecule has 4 rings (SSSR count). The summed E-state index contributed by atoms with van der Waals surface area (Å²) in [6.07, 6.45) is 3.80. The summed E-state index contributed by atoms with van der Waals surface area (Å²) in [5.41, 5.74) is 2.47. The monoisotopic (exact) mass is 394 g/mol. The molecule has 2 aliphatic rings. The molecule has 0 spiro atoms. The molecule has 0 bridgehead atoms. The molecule has 2 aliphatic heterocycles. The van der Waals surface area contributed by atoms with Crippen molar-refractivity contribution in [2.45, 2.75) is 50.2 Å². The van der Waals surface area contributed by atoms with Crippen LogP contribution in [0, 0.1) is 0 Å². The number of benzene rings is 2. The molecule has 5 nitrogen and oxygen atoms in total. The molecule has 2 aromatic rings. The summed E-state index contributed by atoms with van der Waals surface area (Å²) in [5, 5.41) is 3.36. The SMILES string of the molecule is COc1cc(CN2C[C@@H](c3ccccc3)[C@@H]3NC(=O)CCCC[C@H]32)cc(OC)c1. The lowest BCUT2D eigenvalue weighted by atomic mass is 9.88. The summed E-state index contributed by atoms with van der Waals surface area (Å²) in [4.78, 5) is 15.0. The lowest BCUT2D eigenvalue weighted by Gasteiger charge is -2.31. The minimum atomic E-state index is 0.151. The fourth-order valence-electron chi connectivity index (χ4n) is 4.84. The minimum Gasteiger partial charge on any atom is -0.497 e. The Morgan fingerprint density at radius 1 is 1.03 bits per heavy atom. The highest BCUT2D eigenvalue weighted by Crippen LogP contribution is 2.37. The number of carbonyl (C=O) groups is 1. The summed E-state index contributed by atoms with van der Waals surface area (Å²) in [6, 6.07) is 17.1. The van der Waals surface area contributed by atoms with Crippen LogP contribution in [-0.2, 0) is 11.3 Å². The molecule has 5 heteroatoms. The van der Waals surface area contributed by atoms with Crippen LogP contribution < -0.4 is 14.8 Å². The topological polar surface area (TPSA) is 50.8 Å². The predicted molar refractivity (Wildman–Crippen MR) is 113 cm³/mol. The Morgan fingerprint density at radius 2 is 1.76 bits per heavy atom. The van der Waals surface area contributed by atoms with Crippen LogP contribution in [0.2, 0.25) is 0 Å². The molecule has 2 heterocycles. The van der Waals surface area contributed by atoms with Crippen molar-refractivity contribution in [1.29, 1.82) is 0 Å². The number of rotatable bonds is 5. The van der Waals surface area contributed by atoms with Gasteiger partial charge in [0.05, 0.1) is 20.3 Å². The second kappa shape index (κ2) is 8.87. The molecule has 1 N–H and O–H groups in total. The Kier molecular flexibility index (Phi) is 6.05. The Hall–Kier alpha value is -2.53. The molecule has 154 valence electrons. The maximum Gasteiger partial charge on any atom is 0.220 e. The molecule has 2 saturated heterocycles. The van der Waals surface area contributed by atoms with E-state index < -0.39 is 0 Å². The summed E-state index contributed by atoms with van der Waals surface area (Å²) < 4.78 is 10.9. The van der Waals surface area contributed by atoms with Gasteiger partial charge < -0.3 is 14.8 Å². The third kappa shape index (κ3) is 4.40. The van der Waals surface area contributed by atoms with Gasteiger partial charge in [0.1, 0.15) is 11.5 Å². The molecule has 0 aliphatic carbocycles. The standard InChI is InChI=1S/C24H30N2O3/c1-28-19-12-17(13-20(14-19)29-2)15-26-16-21(18-8-4-3-5-9-18)24-22(26)10-6-7-11-23(27)25-24/h3-5,8-9,12-14,21-22,24H,6-7,10-11,15-16H2,1-2H3,(H,25,27)/t21-,22+,24-/m0/s1. The van der Waals surface area contributed by atoms with Crippen molar-refractivity contribution < 1.29 is 14.3 Å². The van der Waals surface area contributed by atoms with E-state index in [-0.39, 0.29) is 11.9 Å². The van der Waals surface area contributed by atoms with Crippen LogP contribution in [0.25, 0.3) is 0 Å². The van der Waals surface area contributed by atoms with Crippen LogP contribution in [0.1, 0.15) is 42.7 Å². The first-order valence-corrected chi connectivity index (χ1v) is 10.5. The van der Waals surface area contributed by atoms with Gasteiger partial charge in [-0.05, 0) is 36.1 Å². The fourth-order valence-corrected chi connectivity index (χ4v) is 4.84. The Bertz CT molecular complexity index is 817. The van der Waals surface area contributed by atoms with E-state index >= 15 is 0 Å². The normalized spacial score (nSPS) is 24.9. The number of fused-ring (bicyclic) bond motifs is 1. The molecule has 3 atom stereocenters. The lowest BCUT2D eigenvalue weighted by Crippen LogP contribution is -2.47.